The van der Waals surface area contributed by atoms with Gasteiger partial charge in [-0.2, -0.15) is 0 Å². The fourth-order valence-corrected chi connectivity index (χ4v) is 2.64. The zero-order chi connectivity index (χ0) is 19.9. The molecule has 0 saturated heterocycles. The topological polar surface area (TPSA) is 87.2 Å². The summed E-state index contributed by atoms with van der Waals surface area (Å²) in [5.41, 5.74) is 2.68. The normalized spacial score (nSPS) is 10.2. The molecule has 0 spiro atoms. The first-order chi connectivity index (χ1) is 13.5. The van der Waals surface area contributed by atoms with Crippen LogP contribution in [0.5, 0.6) is 0 Å². The van der Waals surface area contributed by atoms with Crippen LogP contribution >= 0.6 is 0 Å². The van der Waals surface area contributed by atoms with Gasteiger partial charge < -0.3 is 15.5 Å². The summed E-state index contributed by atoms with van der Waals surface area (Å²) < 4.78 is 0. The molecule has 1 aromatic heterocycles. The van der Waals surface area contributed by atoms with Crippen molar-refractivity contribution in [3.8, 4) is 0 Å². The van der Waals surface area contributed by atoms with Crippen molar-refractivity contribution < 1.29 is 9.59 Å². The molecule has 3 aromatic rings. The Morgan fingerprint density at radius 1 is 0.929 bits per heavy atom. The molecule has 0 saturated carbocycles. The fourth-order valence-electron chi connectivity index (χ4n) is 2.64. The monoisotopic (exact) mass is 375 g/mol. The van der Waals surface area contributed by atoms with Crippen LogP contribution in [0.4, 0.5) is 17.3 Å². The molecule has 3 rings (SSSR count). The van der Waals surface area contributed by atoms with E-state index in [2.05, 4.69) is 20.6 Å². The van der Waals surface area contributed by atoms with Crippen LogP contribution in [0.15, 0.2) is 67.0 Å². The Morgan fingerprint density at radius 2 is 1.57 bits per heavy atom. The van der Waals surface area contributed by atoms with Gasteiger partial charge in [-0.3, -0.25) is 9.59 Å². The average molecular weight is 375 g/mol. The molecule has 2 aromatic carbocycles. The quantitative estimate of drug-likeness (QED) is 0.690. The third-order valence-electron chi connectivity index (χ3n) is 3.95. The second kappa shape index (κ2) is 8.77. The predicted molar refractivity (Wildman–Crippen MR) is 109 cm³/mol. The Bertz CT molecular complexity index is 958. The number of benzene rings is 2. The zero-order valence-electron chi connectivity index (χ0n) is 15.7. The molecule has 7 heteroatoms. The van der Waals surface area contributed by atoms with Crippen LogP contribution in [-0.2, 0) is 11.3 Å². The molecular formula is C21H21N5O2. The summed E-state index contributed by atoms with van der Waals surface area (Å²) in [6.07, 6.45) is 2.99. The molecule has 0 bridgehead atoms. The number of aromatic nitrogens is 2. The zero-order valence-corrected chi connectivity index (χ0v) is 15.7. The lowest BCUT2D eigenvalue weighted by molar-refractivity contribution is -0.114. The van der Waals surface area contributed by atoms with E-state index in [4.69, 9.17) is 0 Å². The van der Waals surface area contributed by atoms with Crippen molar-refractivity contribution in [1.82, 2.24) is 9.97 Å². The average Bonchev–Trinajstić information content (AvgIpc) is 2.68. The van der Waals surface area contributed by atoms with E-state index in [1.54, 1.807) is 24.3 Å². The molecule has 7 nitrogen and oxygen atoms in total. The van der Waals surface area contributed by atoms with Crippen molar-refractivity contribution in [2.75, 3.05) is 22.6 Å². The van der Waals surface area contributed by atoms with E-state index >= 15 is 0 Å². The lowest BCUT2D eigenvalue weighted by atomic mass is 10.2. The first-order valence-electron chi connectivity index (χ1n) is 8.77. The maximum Gasteiger partial charge on any atom is 0.258 e. The van der Waals surface area contributed by atoms with Gasteiger partial charge in [0.15, 0.2) is 0 Å². The molecule has 2 N–H and O–H groups in total. The molecular weight excluding hydrogens is 354 g/mol. The summed E-state index contributed by atoms with van der Waals surface area (Å²) in [6, 6.07) is 16.9. The molecule has 142 valence electrons. The Balaban J connectivity index is 1.64. The van der Waals surface area contributed by atoms with Crippen LogP contribution < -0.4 is 15.5 Å². The van der Waals surface area contributed by atoms with E-state index in [0.29, 0.717) is 29.4 Å². The Hall–Kier alpha value is -3.74. The van der Waals surface area contributed by atoms with Gasteiger partial charge in [0.1, 0.15) is 0 Å². The third-order valence-corrected chi connectivity index (χ3v) is 3.95. The number of carbonyl (C=O) groups is 2. The molecule has 0 aliphatic rings. The number of amides is 2. The Kier molecular flexibility index (Phi) is 5.96. The third kappa shape index (κ3) is 5.14. The minimum absolute atomic E-state index is 0.174. The number of hydrogen-bond donors (Lipinski definition) is 2. The summed E-state index contributed by atoms with van der Waals surface area (Å²) in [5, 5.41) is 5.45. The van der Waals surface area contributed by atoms with Crippen molar-refractivity contribution in [3.05, 3.63) is 78.1 Å². The molecule has 1 heterocycles. The first kappa shape index (κ1) is 19.0. The molecule has 0 atom stereocenters. The maximum atomic E-state index is 12.4. The summed E-state index contributed by atoms with van der Waals surface area (Å²) in [7, 11) is 1.90. The van der Waals surface area contributed by atoms with Crippen molar-refractivity contribution >= 4 is 29.1 Å². The second-order valence-electron chi connectivity index (χ2n) is 6.33. The lowest BCUT2D eigenvalue weighted by Gasteiger charge is -2.17. The smallest absolute Gasteiger partial charge is 0.258 e. The molecule has 0 fully saturated rings. The summed E-state index contributed by atoms with van der Waals surface area (Å²) in [4.78, 5) is 34.1. The largest absolute Gasteiger partial charge is 0.340 e. The Morgan fingerprint density at radius 3 is 2.21 bits per heavy atom. The lowest BCUT2D eigenvalue weighted by Crippen LogP contribution is -2.20. The number of carbonyl (C=O) groups excluding carboxylic acids is 2. The Labute approximate surface area is 163 Å². The number of anilines is 3. The number of nitrogens with one attached hydrogen (secondary N) is 2. The highest BCUT2D eigenvalue weighted by atomic mass is 16.2. The van der Waals surface area contributed by atoms with Crippen LogP contribution in [0.25, 0.3) is 0 Å². The van der Waals surface area contributed by atoms with Gasteiger partial charge in [0.2, 0.25) is 11.9 Å². The minimum atomic E-state index is -0.322. The molecule has 0 aliphatic heterocycles. The molecule has 28 heavy (non-hydrogen) atoms. The molecule has 2 amide bonds. The first-order valence-corrected chi connectivity index (χ1v) is 8.77. The van der Waals surface area contributed by atoms with Crippen LogP contribution in [0.1, 0.15) is 22.8 Å². The van der Waals surface area contributed by atoms with Crippen molar-refractivity contribution in [1.29, 1.82) is 0 Å². The van der Waals surface area contributed by atoms with Crippen LogP contribution in [0.3, 0.4) is 0 Å². The summed E-state index contributed by atoms with van der Waals surface area (Å²) >= 11 is 0. The van der Waals surface area contributed by atoms with E-state index in [1.165, 1.54) is 19.3 Å². The van der Waals surface area contributed by atoms with Gasteiger partial charge in [-0.25, -0.2) is 9.97 Å². The van der Waals surface area contributed by atoms with E-state index in [9.17, 15) is 9.59 Å². The van der Waals surface area contributed by atoms with Gasteiger partial charge in [-0.15, -0.1) is 0 Å². The predicted octanol–water partition coefficient (Wildman–Crippen LogP) is 3.32. The summed E-state index contributed by atoms with van der Waals surface area (Å²) in [6.45, 7) is 2.10. The SMILES string of the molecule is CC(=O)Nc1cccc(NC(=O)c2cnc(N(C)Cc3ccccc3)nc2)c1. The van der Waals surface area contributed by atoms with E-state index < -0.39 is 0 Å². The number of nitrogens with zero attached hydrogens (tertiary/aromatic N) is 3. The minimum Gasteiger partial charge on any atom is -0.340 e. The highest BCUT2D eigenvalue weighted by Gasteiger charge is 2.10. The van der Waals surface area contributed by atoms with E-state index in [1.807, 2.05) is 42.3 Å². The van der Waals surface area contributed by atoms with Crippen molar-refractivity contribution in [2.24, 2.45) is 0 Å². The van der Waals surface area contributed by atoms with Gasteiger partial charge in [-0.1, -0.05) is 36.4 Å². The van der Waals surface area contributed by atoms with E-state index in [0.717, 1.165) is 5.56 Å². The molecule has 0 radical (unpaired) electrons. The second-order valence-corrected chi connectivity index (χ2v) is 6.33. The standard InChI is InChI=1S/C21H21N5O2/c1-15(27)24-18-9-6-10-19(11-18)25-20(28)17-12-22-21(23-13-17)26(2)14-16-7-4-3-5-8-16/h3-13H,14H2,1-2H3,(H,24,27)(H,25,28). The number of hydrogen-bond acceptors (Lipinski definition) is 5. The van der Waals surface area contributed by atoms with Gasteiger partial charge in [-0.05, 0) is 23.8 Å². The van der Waals surface area contributed by atoms with Crippen molar-refractivity contribution in [2.45, 2.75) is 13.5 Å². The number of rotatable bonds is 6. The molecule has 0 aliphatic carbocycles. The van der Waals surface area contributed by atoms with Crippen molar-refractivity contribution in [3.63, 3.8) is 0 Å². The molecule has 0 unspecified atom stereocenters. The van der Waals surface area contributed by atoms with Crippen LogP contribution in [0.2, 0.25) is 0 Å². The maximum absolute atomic E-state index is 12.4. The van der Waals surface area contributed by atoms with Gasteiger partial charge in [0, 0.05) is 44.3 Å². The van der Waals surface area contributed by atoms with E-state index in [-0.39, 0.29) is 11.8 Å². The van der Waals surface area contributed by atoms with Gasteiger partial charge in [0.25, 0.3) is 5.91 Å². The summed E-state index contributed by atoms with van der Waals surface area (Å²) in [5.74, 6) is 0.0392. The van der Waals surface area contributed by atoms with Gasteiger partial charge in [0.05, 0.1) is 5.56 Å². The fraction of sp³-hybridized carbons (Fsp3) is 0.143. The highest BCUT2D eigenvalue weighted by Crippen LogP contribution is 2.16. The van der Waals surface area contributed by atoms with Gasteiger partial charge >= 0.3 is 0 Å². The van der Waals surface area contributed by atoms with Crippen LogP contribution in [-0.4, -0.2) is 28.8 Å². The highest BCUT2D eigenvalue weighted by molar-refractivity contribution is 6.04. The van der Waals surface area contributed by atoms with Crippen LogP contribution in [0, 0.1) is 0 Å².